The zero-order valence-electron chi connectivity index (χ0n) is 7.27. The molecule has 0 aliphatic carbocycles. The number of phenols is 1. The van der Waals surface area contributed by atoms with Crippen molar-refractivity contribution in [2.75, 3.05) is 13.2 Å². The Labute approximate surface area is 77.4 Å². The summed E-state index contributed by atoms with van der Waals surface area (Å²) < 4.78 is 10.7. The summed E-state index contributed by atoms with van der Waals surface area (Å²) in [5.74, 6) is 0.231. The van der Waals surface area contributed by atoms with Crippen molar-refractivity contribution < 1.29 is 14.4 Å². The van der Waals surface area contributed by atoms with Crippen LogP contribution in [-0.4, -0.2) is 25.4 Å². The van der Waals surface area contributed by atoms with Crippen molar-refractivity contribution in [2.24, 2.45) is 0 Å². The van der Waals surface area contributed by atoms with Gasteiger partial charge in [-0.1, -0.05) is 18.2 Å². The Hall–Kier alpha value is -0.995. The molecular formula is C9H11BO3. The van der Waals surface area contributed by atoms with Crippen molar-refractivity contribution in [1.29, 1.82) is 0 Å². The lowest BCUT2D eigenvalue weighted by Gasteiger charge is -2.20. The highest BCUT2D eigenvalue weighted by molar-refractivity contribution is 6.62. The van der Waals surface area contributed by atoms with Crippen molar-refractivity contribution in [3.63, 3.8) is 0 Å². The standard InChI is InChI=1S/C9H11BO3/c11-9-5-2-1-4-8(9)10-12-6-3-7-13-10/h1-2,4-5,11H,3,6-7H2. The topological polar surface area (TPSA) is 38.7 Å². The van der Waals surface area contributed by atoms with Gasteiger partial charge in [-0.15, -0.1) is 0 Å². The second kappa shape index (κ2) is 3.81. The molecule has 0 radical (unpaired) electrons. The van der Waals surface area contributed by atoms with E-state index in [-0.39, 0.29) is 5.75 Å². The summed E-state index contributed by atoms with van der Waals surface area (Å²) >= 11 is 0. The maximum absolute atomic E-state index is 9.50. The van der Waals surface area contributed by atoms with Crippen LogP contribution in [0, 0.1) is 0 Å². The lowest BCUT2D eigenvalue weighted by atomic mass is 9.77. The molecule has 68 valence electrons. The first-order valence-electron chi connectivity index (χ1n) is 4.39. The molecule has 1 aromatic rings. The molecule has 1 heterocycles. The number of hydrogen-bond donors (Lipinski definition) is 1. The van der Waals surface area contributed by atoms with Crippen molar-refractivity contribution in [3.05, 3.63) is 24.3 Å². The monoisotopic (exact) mass is 178 g/mol. The molecule has 0 saturated carbocycles. The fourth-order valence-electron chi connectivity index (χ4n) is 1.35. The third kappa shape index (κ3) is 1.84. The van der Waals surface area contributed by atoms with Crippen LogP contribution < -0.4 is 5.46 Å². The molecule has 0 atom stereocenters. The van der Waals surface area contributed by atoms with Crippen molar-refractivity contribution in [2.45, 2.75) is 6.42 Å². The number of aromatic hydroxyl groups is 1. The van der Waals surface area contributed by atoms with Crippen LogP contribution in [0.5, 0.6) is 5.75 Å². The van der Waals surface area contributed by atoms with E-state index in [1.165, 1.54) is 0 Å². The van der Waals surface area contributed by atoms with Crippen LogP contribution in [0.15, 0.2) is 24.3 Å². The van der Waals surface area contributed by atoms with E-state index in [2.05, 4.69) is 0 Å². The quantitative estimate of drug-likeness (QED) is 0.637. The third-order valence-electron chi connectivity index (χ3n) is 2.02. The second-order valence-electron chi connectivity index (χ2n) is 2.99. The van der Waals surface area contributed by atoms with Crippen LogP contribution in [0.4, 0.5) is 0 Å². The number of para-hydroxylation sites is 1. The summed E-state index contributed by atoms with van der Waals surface area (Å²) in [5.41, 5.74) is 0.710. The summed E-state index contributed by atoms with van der Waals surface area (Å²) in [6.45, 7) is 1.39. The summed E-state index contributed by atoms with van der Waals surface area (Å²) in [6, 6.07) is 7.08. The van der Waals surface area contributed by atoms with Gasteiger partial charge in [-0.2, -0.15) is 0 Å². The highest BCUT2D eigenvalue weighted by Gasteiger charge is 2.26. The van der Waals surface area contributed by atoms with E-state index in [1.807, 2.05) is 12.1 Å². The van der Waals surface area contributed by atoms with Crippen LogP contribution in [0.3, 0.4) is 0 Å². The minimum absolute atomic E-state index is 0.231. The molecule has 13 heavy (non-hydrogen) atoms. The number of rotatable bonds is 1. The molecule has 4 heteroatoms. The van der Waals surface area contributed by atoms with E-state index in [0.717, 1.165) is 6.42 Å². The van der Waals surface area contributed by atoms with Crippen molar-refractivity contribution in [3.8, 4) is 5.75 Å². The molecule has 0 unspecified atom stereocenters. The van der Waals surface area contributed by atoms with Gasteiger partial charge >= 0.3 is 7.12 Å². The van der Waals surface area contributed by atoms with Gasteiger partial charge in [0.25, 0.3) is 0 Å². The number of hydrogen-bond acceptors (Lipinski definition) is 3. The maximum atomic E-state index is 9.50. The smallest absolute Gasteiger partial charge is 0.497 e. The zero-order chi connectivity index (χ0) is 9.10. The third-order valence-corrected chi connectivity index (χ3v) is 2.02. The molecular weight excluding hydrogens is 167 g/mol. The van der Waals surface area contributed by atoms with Crippen LogP contribution in [-0.2, 0) is 9.31 Å². The van der Waals surface area contributed by atoms with Crippen molar-refractivity contribution >= 4 is 12.6 Å². The Morgan fingerprint density at radius 1 is 1.15 bits per heavy atom. The predicted molar refractivity (Wildman–Crippen MR) is 50.0 cm³/mol. The fourth-order valence-corrected chi connectivity index (χ4v) is 1.35. The van der Waals surface area contributed by atoms with Gasteiger partial charge in [0, 0.05) is 18.7 Å². The van der Waals surface area contributed by atoms with Gasteiger partial charge in [-0.3, -0.25) is 0 Å². The molecule has 0 aromatic heterocycles. The minimum atomic E-state index is -0.394. The van der Waals surface area contributed by atoms with Crippen LogP contribution >= 0.6 is 0 Å². The highest BCUT2D eigenvalue weighted by atomic mass is 16.6. The zero-order valence-corrected chi connectivity index (χ0v) is 7.27. The van der Waals surface area contributed by atoms with E-state index >= 15 is 0 Å². The first-order valence-corrected chi connectivity index (χ1v) is 4.39. The Morgan fingerprint density at radius 3 is 2.54 bits per heavy atom. The van der Waals surface area contributed by atoms with Gasteiger partial charge < -0.3 is 14.4 Å². The van der Waals surface area contributed by atoms with E-state index in [0.29, 0.717) is 18.7 Å². The summed E-state index contributed by atoms with van der Waals surface area (Å²) in [4.78, 5) is 0. The average Bonchev–Trinajstić information content (AvgIpc) is 2.20. The molecule has 0 amide bonds. The molecule has 1 aliphatic heterocycles. The van der Waals surface area contributed by atoms with E-state index in [4.69, 9.17) is 9.31 Å². The van der Waals surface area contributed by atoms with Crippen LogP contribution in [0.2, 0.25) is 0 Å². The Bertz CT molecular complexity index is 284. The predicted octanol–water partition coefficient (Wildman–Crippen LogP) is 0.524. The van der Waals surface area contributed by atoms with Crippen molar-refractivity contribution in [1.82, 2.24) is 0 Å². The van der Waals surface area contributed by atoms with Crippen LogP contribution in [0.1, 0.15) is 6.42 Å². The van der Waals surface area contributed by atoms with Gasteiger partial charge in [0.15, 0.2) is 0 Å². The lowest BCUT2D eigenvalue weighted by molar-refractivity contribution is 0.143. The van der Waals surface area contributed by atoms with Gasteiger partial charge in [-0.25, -0.2) is 0 Å². The lowest BCUT2D eigenvalue weighted by Crippen LogP contribution is -2.40. The highest BCUT2D eigenvalue weighted by Crippen LogP contribution is 2.09. The van der Waals surface area contributed by atoms with E-state index in [9.17, 15) is 5.11 Å². The van der Waals surface area contributed by atoms with E-state index in [1.54, 1.807) is 12.1 Å². The Kier molecular flexibility index (Phi) is 2.52. The summed E-state index contributed by atoms with van der Waals surface area (Å²) in [6.07, 6.45) is 0.921. The number of benzene rings is 1. The number of phenolic OH excluding ortho intramolecular Hbond substituents is 1. The minimum Gasteiger partial charge on any atom is -0.508 e. The second-order valence-corrected chi connectivity index (χ2v) is 2.99. The normalized spacial score (nSPS) is 17.4. The molecule has 1 saturated heterocycles. The molecule has 1 aliphatic rings. The largest absolute Gasteiger partial charge is 0.508 e. The maximum Gasteiger partial charge on any atom is 0.497 e. The molecule has 2 rings (SSSR count). The van der Waals surface area contributed by atoms with Gasteiger partial charge in [0.1, 0.15) is 5.75 Å². The molecule has 1 fully saturated rings. The summed E-state index contributed by atoms with van der Waals surface area (Å²) in [5, 5.41) is 9.50. The Balaban J connectivity index is 2.18. The first-order chi connectivity index (χ1) is 6.38. The summed E-state index contributed by atoms with van der Waals surface area (Å²) in [7, 11) is -0.394. The molecule has 0 spiro atoms. The molecule has 0 bridgehead atoms. The molecule has 3 nitrogen and oxygen atoms in total. The average molecular weight is 178 g/mol. The molecule has 1 aromatic carbocycles. The van der Waals surface area contributed by atoms with Gasteiger partial charge in [0.05, 0.1) is 0 Å². The first kappa shape index (κ1) is 8.60. The Morgan fingerprint density at radius 2 is 1.85 bits per heavy atom. The SMILES string of the molecule is Oc1ccccc1B1OCCCO1. The fraction of sp³-hybridized carbons (Fsp3) is 0.333. The molecule has 1 N–H and O–H groups in total. The van der Waals surface area contributed by atoms with E-state index < -0.39 is 7.12 Å². The van der Waals surface area contributed by atoms with Crippen LogP contribution in [0.25, 0.3) is 0 Å². The van der Waals surface area contributed by atoms with Gasteiger partial charge in [0.2, 0.25) is 0 Å². The van der Waals surface area contributed by atoms with Gasteiger partial charge in [-0.05, 0) is 12.5 Å².